The first-order chi connectivity index (χ1) is 4.96. The molecule has 0 aliphatic heterocycles. The predicted molar refractivity (Wildman–Crippen MR) is 40.8 cm³/mol. The van der Waals surface area contributed by atoms with E-state index in [1.54, 1.807) is 13.8 Å². The summed E-state index contributed by atoms with van der Waals surface area (Å²) in [5.74, 6) is -0.450. The molecular weight excluding hydrogens is 170 g/mol. The molecular formula is C6H12ClNO3. The van der Waals surface area contributed by atoms with E-state index in [1.165, 1.54) is 14.2 Å². The second-order valence-corrected chi connectivity index (χ2v) is 2.79. The molecule has 0 bridgehead atoms. The molecule has 0 aromatic heterocycles. The summed E-state index contributed by atoms with van der Waals surface area (Å²) in [5.41, 5.74) is -0.967. The Morgan fingerprint density at radius 2 is 1.91 bits per heavy atom. The number of ether oxygens (including phenoxy) is 1. The lowest BCUT2D eigenvalue weighted by atomic mass is 10.1. The van der Waals surface area contributed by atoms with E-state index >= 15 is 0 Å². The van der Waals surface area contributed by atoms with E-state index in [9.17, 15) is 4.79 Å². The van der Waals surface area contributed by atoms with Crippen LogP contribution in [-0.4, -0.2) is 30.3 Å². The van der Waals surface area contributed by atoms with E-state index in [-0.39, 0.29) is 0 Å². The molecule has 0 aromatic rings. The zero-order valence-corrected chi connectivity index (χ0v) is 7.81. The minimum Gasteiger partial charge on any atom is -0.468 e. The molecule has 0 heterocycles. The lowest BCUT2D eigenvalue weighted by molar-refractivity contribution is -0.173. The zero-order chi connectivity index (χ0) is 9.07. The fraction of sp³-hybridized carbons (Fsp3) is 0.833. The molecule has 0 spiro atoms. The van der Waals surface area contributed by atoms with E-state index < -0.39 is 11.5 Å². The highest BCUT2D eigenvalue weighted by atomic mass is 35.5. The van der Waals surface area contributed by atoms with Gasteiger partial charge in [0.05, 0.1) is 14.2 Å². The highest BCUT2D eigenvalue weighted by molar-refractivity contribution is 6.14. The summed E-state index contributed by atoms with van der Waals surface area (Å²) in [6, 6.07) is 0. The van der Waals surface area contributed by atoms with Gasteiger partial charge in [0, 0.05) is 11.8 Å². The summed E-state index contributed by atoms with van der Waals surface area (Å²) in [7, 11) is 2.67. The Bertz CT molecular complexity index is 149. The average Bonchev–Trinajstić information content (AvgIpc) is 2.01. The number of hydroxylamine groups is 1. The van der Waals surface area contributed by atoms with E-state index in [2.05, 4.69) is 9.57 Å². The Labute approximate surface area is 71.1 Å². The van der Waals surface area contributed by atoms with Crippen LogP contribution < -0.4 is 0 Å². The van der Waals surface area contributed by atoms with Crippen molar-refractivity contribution in [1.29, 1.82) is 0 Å². The van der Waals surface area contributed by atoms with Gasteiger partial charge >= 0.3 is 5.97 Å². The van der Waals surface area contributed by atoms with E-state index in [0.29, 0.717) is 0 Å². The number of nitrogens with zero attached hydrogens (tertiary/aromatic N) is 1. The van der Waals surface area contributed by atoms with Crippen LogP contribution in [0.4, 0.5) is 0 Å². The predicted octanol–water partition coefficient (Wildman–Crippen LogP) is 0.955. The van der Waals surface area contributed by atoms with Crippen LogP contribution in [0.25, 0.3) is 0 Å². The molecule has 0 rings (SSSR count). The number of rotatable bonds is 3. The van der Waals surface area contributed by atoms with Gasteiger partial charge < -0.3 is 4.74 Å². The Balaban J connectivity index is 4.31. The molecule has 0 amide bonds. The average molecular weight is 182 g/mol. The smallest absolute Gasteiger partial charge is 0.329 e. The second kappa shape index (κ2) is 3.90. The second-order valence-electron chi connectivity index (χ2n) is 2.48. The molecule has 4 nitrogen and oxygen atoms in total. The normalized spacial score (nSPS) is 11.8. The fourth-order valence-electron chi connectivity index (χ4n) is 0.550. The van der Waals surface area contributed by atoms with Gasteiger partial charge in [-0.2, -0.15) is 0 Å². The molecule has 0 aromatic carbocycles. The van der Waals surface area contributed by atoms with Gasteiger partial charge in [-0.15, -0.1) is 0 Å². The molecule has 66 valence electrons. The van der Waals surface area contributed by atoms with Crippen LogP contribution in [0, 0.1) is 0 Å². The molecule has 0 N–H and O–H groups in total. The highest BCUT2D eigenvalue weighted by Gasteiger charge is 2.35. The first-order valence-corrected chi connectivity index (χ1v) is 3.39. The minimum atomic E-state index is -0.967. The van der Waals surface area contributed by atoms with E-state index in [1.807, 2.05) is 0 Å². The van der Waals surface area contributed by atoms with Crippen molar-refractivity contribution in [2.75, 3.05) is 14.2 Å². The quantitative estimate of drug-likeness (QED) is 0.369. The third-order valence-corrected chi connectivity index (χ3v) is 1.85. The van der Waals surface area contributed by atoms with Crippen LogP contribution in [0.15, 0.2) is 0 Å². The van der Waals surface area contributed by atoms with Gasteiger partial charge in [0.1, 0.15) is 0 Å². The van der Waals surface area contributed by atoms with Crippen LogP contribution in [0.5, 0.6) is 0 Å². The Morgan fingerprint density at radius 1 is 1.45 bits per heavy atom. The van der Waals surface area contributed by atoms with Crippen LogP contribution in [0.2, 0.25) is 0 Å². The number of carbonyl (C=O) groups is 1. The third-order valence-electron chi connectivity index (χ3n) is 1.28. The molecule has 5 heteroatoms. The minimum absolute atomic E-state index is 0.450. The van der Waals surface area contributed by atoms with Crippen molar-refractivity contribution in [2.24, 2.45) is 0 Å². The standard InChI is InChI=1S/C6H12ClNO3/c1-6(2,5(9)10-3)8(7)11-4/h1-4H3. The zero-order valence-electron chi connectivity index (χ0n) is 7.05. The SMILES string of the molecule is COC(=O)C(C)(C)N(Cl)OC. The molecule has 0 aliphatic rings. The fourth-order valence-corrected chi connectivity index (χ4v) is 0.619. The number of esters is 1. The lowest BCUT2D eigenvalue weighted by Crippen LogP contribution is -2.45. The molecule has 0 fully saturated rings. The summed E-state index contributed by atoms with van der Waals surface area (Å²) >= 11 is 5.54. The summed E-state index contributed by atoms with van der Waals surface area (Å²) in [4.78, 5) is 15.6. The van der Waals surface area contributed by atoms with Crippen molar-refractivity contribution in [3.63, 3.8) is 0 Å². The molecule has 0 saturated heterocycles. The van der Waals surface area contributed by atoms with Crippen LogP contribution in [0.1, 0.15) is 13.8 Å². The van der Waals surface area contributed by atoms with Gasteiger partial charge in [-0.25, -0.2) is 4.79 Å². The molecule has 0 aliphatic carbocycles. The summed E-state index contributed by atoms with van der Waals surface area (Å²) in [5, 5.41) is 0. The first-order valence-electron chi connectivity index (χ1n) is 3.05. The summed E-state index contributed by atoms with van der Waals surface area (Å²) < 4.78 is 5.41. The van der Waals surface area contributed by atoms with Crippen molar-refractivity contribution in [2.45, 2.75) is 19.4 Å². The first kappa shape index (κ1) is 10.7. The topological polar surface area (TPSA) is 38.8 Å². The third kappa shape index (κ3) is 2.32. The van der Waals surface area contributed by atoms with Gasteiger partial charge in [-0.1, -0.05) is 4.58 Å². The number of carbonyl (C=O) groups excluding carboxylic acids is 1. The number of hydrogen-bond acceptors (Lipinski definition) is 4. The molecule has 11 heavy (non-hydrogen) atoms. The van der Waals surface area contributed by atoms with Gasteiger partial charge in [-0.05, 0) is 13.8 Å². The highest BCUT2D eigenvalue weighted by Crippen LogP contribution is 2.17. The maximum absolute atomic E-state index is 11.0. The van der Waals surface area contributed by atoms with Crippen molar-refractivity contribution in [1.82, 2.24) is 4.58 Å². The molecule has 0 unspecified atom stereocenters. The Hall–Kier alpha value is -0.320. The monoisotopic (exact) mass is 181 g/mol. The largest absolute Gasteiger partial charge is 0.468 e. The number of hydrogen-bond donors (Lipinski definition) is 0. The van der Waals surface area contributed by atoms with Gasteiger partial charge in [0.2, 0.25) is 0 Å². The molecule has 0 saturated carbocycles. The van der Waals surface area contributed by atoms with Crippen molar-refractivity contribution >= 4 is 17.7 Å². The number of methoxy groups -OCH3 is 1. The molecule has 0 atom stereocenters. The Kier molecular flexibility index (Phi) is 3.78. The summed E-state index contributed by atoms with van der Waals surface area (Å²) in [6.07, 6.45) is 0. The van der Waals surface area contributed by atoms with Gasteiger partial charge in [0.15, 0.2) is 5.54 Å². The van der Waals surface area contributed by atoms with Gasteiger partial charge in [0.25, 0.3) is 0 Å². The van der Waals surface area contributed by atoms with Crippen LogP contribution >= 0.6 is 11.8 Å². The summed E-state index contributed by atoms with van der Waals surface area (Å²) in [6.45, 7) is 3.19. The van der Waals surface area contributed by atoms with Crippen LogP contribution in [0.3, 0.4) is 0 Å². The maximum Gasteiger partial charge on any atom is 0.329 e. The van der Waals surface area contributed by atoms with E-state index in [0.717, 1.165) is 4.58 Å². The number of halogens is 1. The van der Waals surface area contributed by atoms with Crippen molar-refractivity contribution < 1.29 is 14.4 Å². The maximum atomic E-state index is 11.0. The lowest BCUT2D eigenvalue weighted by Gasteiger charge is -2.27. The Morgan fingerprint density at radius 3 is 2.18 bits per heavy atom. The van der Waals surface area contributed by atoms with E-state index in [4.69, 9.17) is 11.8 Å². The van der Waals surface area contributed by atoms with Crippen molar-refractivity contribution in [3.8, 4) is 0 Å². The van der Waals surface area contributed by atoms with Gasteiger partial charge in [-0.3, -0.25) is 4.84 Å². The molecule has 0 radical (unpaired) electrons. The van der Waals surface area contributed by atoms with Crippen molar-refractivity contribution in [3.05, 3.63) is 0 Å². The van der Waals surface area contributed by atoms with Crippen LogP contribution in [-0.2, 0) is 14.4 Å².